The fraction of sp³-hybridized carbons (Fsp3) is 0.118. The van der Waals surface area contributed by atoms with Gasteiger partial charge in [0.2, 0.25) is 5.91 Å². The van der Waals surface area contributed by atoms with E-state index in [1.54, 1.807) is 30.1 Å². The standard InChI is InChI=1S/C17H15Cl2N5O2S/c1-26-12-4-2-11(3-5-12)24-9-21-23-17(24)27-8-15(25)22-10-6-13(18)16(20)14(19)7-10/h2-7,9H,8,20H2,1H3,(H,22,25). The number of hydrogen-bond acceptors (Lipinski definition) is 6. The van der Waals surface area contributed by atoms with Crippen molar-refractivity contribution in [2.75, 3.05) is 23.9 Å². The van der Waals surface area contributed by atoms with Crippen LogP contribution in [0, 0.1) is 0 Å². The molecule has 27 heavy (non-hydrogen) atoms. The maximum atomic E-state index is 12.2. The molecule has 0 bridgehead atoms. The number of aromatic nitrogens is 3. The van der Waals surface area contributed by atoms with Gasteiger partial charge in [-0.25, -0.2) is 0 Å². The van der Waals surface area contributed by atoms with Gasteiger partial charge in [0.15, 0.2) is 5.16 Å². The molecule has 3 aromatic rings. The summed E-state index contributed by atoms with van der Waals surface area (Å²) in [5.74, 6) is 0.650. The summed E-state index contributed by atoms with van der Waals surface area (Å²) in [6, 6.07) is 10.5. The molecule has 0 atom stereocenters. The van der Waals surface area contributed by atoms with E-state index in [-0.39, 0.29) is 27.4 Å². The van der Waals surface area contributed by atoms with E-state index in [0.717, 1.165) is 11.4 Å². The Hall–Kier alpha value is -2.42. The number of nitrogens with two attached hydrogens (primary N) is 1. The van der Waals surface area contributed by atoms with Gasteiger partial charge in [-0.2, -0.15) is 0 Å². The second-order valence-electron chi connectivity index (χ2n) is 5.37. The largest absolute Gasteiger partial charge is 0.497 e. The van der Waals surface area contributed by atoms with Gasteiger partial charge in [-0.15, -0.1) is 10.2 Å². The van der Waals surface area contributed by atoms with Gasteiger partial charge in [-0.1, -0.05) is 35.0 Å². The molecule has 2 aromatic carbocycles. The summed E-state index contributed by atoms with van der Waals surface area (Å²) in [6.07, 6.45) is 1.58. The Labute approximate surface area is 169 Å². The van der Waals surface area contributed by atoms with E-state index in [1.165, 1.54) is 11.8 Å². The van der Waals surface area contributed by atoms with Gasteiger partial charge in [0.05, 0.1) is 28.6 Å². The third kappa shape index (κ3) is 4.65. The summed E-state index contributed by atoms with van der Waals surface area (Å²) in [4.78, 5) is 12.2. The van der Waals surface area contributed by atoms with Crippen LogP contribution >= 0.6 is 35.0 Å². The highest BCUT2D eigenvalue weighted by Gasteiger charge is 2.12. The Bertz CT molecular complexity index is 939. The number of nitrogens with one attached hydrogen (secondary N) is 1. The van der Waals surface area contributed by atoms with Crippen molar-refractivity contribution >= 4 is 52.2 Å². The molecular formula is C17H15Cl2N5O2S. The lowest BCUT2D eigenvalue weighted by Crippen LogP contribution is -2.14. The molecule has 140 valence electrons. The Balaban J connectivity index is 1.65. The summed E-state index contributed by atoms with van der Waals surface area (Å²) < 4.78 is 6.94. The first-order valence-corrected chi connectivity index (χ1v) is 9.43. The van der Waals surface area contributed by atoms with E-state index in [9.17, 15) is 4.79 Å². The highest BCUT2D eigenvalue weighted by molar-refractivity contribution is 7.99. The van der Waals surface area contributed by atoms with Gasteiger partial charge in [-0.05, 0) is 36.4 Å². The quantitative estimate of drug-likeness (QED) is 0.461. The fourth-order valence-corrected chi connectivity index (χ4v) is 3.44. The van der Waals surface area contributed by atoms with E-state index < -0.39 is 0 Å². The van der Waals surface area contributed by atoms with Crippen LogP contribution < -0.4 is 15.8 Å². The molecule has 0 fully saturated rings. The number of halogens is 2. The molecule has 0 saturated heterocycles. The van der Waals surface area contributed by atoms with Crippen LogP contribution in [0.1, 0.15) is 0 Å². The van der Waals surface area contributed by atoms with Crippen LogP contribution in [0.15, 0.2) is 47.9 Å². The SMILES string of the molecule is COc1ccc(-n2cnnc2SCC(=O)Nc2cc(Cl)c(N)c(Cl)c2)cc1. The lowest BCUT2D eigenvalue weighted by atomic mass is 10.3. The lowest BCUT2D eigenvalue weighted by Gasteiger charge is -2.09. The third-order valence-corrected chi connectivity index (χ3v) is 5.13. The average Bonchev–Trinajstić information content (AvgIpc) is 3.13. The molecule has 0 saturated carbocycles. The number of nitrogens with zero attached hydrogens (tertiary/aromatic N) is 3. The maximum Gasteiger partial charge on any atom is 0.234 e. The number of anilines is 2. The molecule has 0 aliphatic rings. The zero-order valence-electron chi connectivity index (χ0n) is 14.1. The Morgan fingerprint density at radius 2 is 1.93 bits per heavy atom. The topological polar surface area (TPSA) is 95.1 Å². The molecule has 1 heterocycles. The minimum atomic E-state index is -0.235. The van der Waals surface area contributed by atoms with E-state index >= 15 is 0 Å². The van der Waals surface area contributed by atoms with Gasteiger partial charge in [-0.3, -0.25) is 9.36 Å². The van der Waals surface area contributed by atoms with E-state index in [1.807, 2.05) is 24.3 Å². The van der Waals surface area contributed by atoms with E-state index in [4.69, 9.17) is 33.7 Å². The normalized spacial score (nSPS) is 10.6. The van der Waals surface area contributed by atoms with Crippen molar-refractivity contribution in [2.45, 2.75) is 5.16 Å². The van der Waals surface area contributed by atoms with Gasteiger partial charge >= 0.3 is 0 Å². The minimum Gasteiger partial charge on any atom is -0.497 e. The molecule has 3 N–H and O–H groups in total. The van der Waals surface area contributed by atoms with Gasteiger partial charge in [0.1, 0.15) is 12.1 Å². The first-order chi connectivity index (χ1) is 13.0. The molecule has 1 aromatic heterocycles. The molecular weight excluding hydrogens is 409 g/mol. The van der Waals surface area contributed by atoms with Crippen molar-refractivity contribution in [1.82, 2.24) is 14.8 Å². The molecule has 10 heteroatoms. The smallest absolute Gasteiger partial charge is 0.234 e. The monoisotopic (exact) mass is 423 g/mol. The predicted octanol–water partition coefficient (Wildman–Crippen LogP) is 3.90. The van der Waals surface area contributed by atoms with Gasteiger partial charge in [0.25, 0.3) is 0 Å². The number of ether oxygens (including phenoxy) is 1. The number of nitrogen functional groups attached to an aromatic ring is 1. The number of rotatable bonds is 6. The number of carbonyl (C=O) groups excluding carboxylic acids is 1. The molecule has 1 amide bonds. The summed E-state index contributed by atoms with van der Waals surface area (Å²) in [5, 5.41) is 11.9. The molecule has 0 aliphatic carbocycles. The van der Waals surface area contributed by atoms with Crippen LogP contribution in [0.3, 0.4) is 0 Å². The fourth-order valence-electron chi connectivity index (χ4n) is 2.23. The van der Waals surface area contributed by atoms with Crippen LogP contribution in [0.2, 0.25) is 10.0 Å². The summed E-state index contributed by atoms with van der Waals surface area (Å²) in [7, 11) is 1.61. The van der Waals surface area contributed by atoms with Gasteiger partial charge in [0, 0.05) is 11.4 Å². The Morgan fingerprint density at radius 3 is 2.56 bits per heavy atom. The Kier molecular flexibility index (Phi) is 6.10. The second-order valence-corrected chi connectivity index (χ2v) is 7.13. The molecule has 0 spiro atoms. The summed E-state index contributed by atoms with van der Waals surface area (Å²) >= 11 is 13.2. The summed E-state index contributed by atoms with van der Waals surface area (Å²) in [5.41, 5.74) is 7.30. The van der Waals surface area contributed by atoms with E-state index in [2.05, 4.69) is 15.5 Å². The van der Waals surface area contributed by atoms with Crippen molar-refractivity contribution in [3.8, 4) is 11.4 Å². The number of carbonyl (C=O) groups is 1. The van der Waals surface area contributed by atoms with Crippen LogP contribution in [0.5, 0.6) is 5.75 Å². The third-order valence-electron chi connectivity index (χ3n) is 3.56. The molecule has 3 rings (SSSR count). The molecule has 7 nitrogen and oxygen atoms in total. The first-order valence-electron chi connectivity index (χ1n) is 7.69. The van der Waals surface area contributed by atoms with Crippen molar-refractivity contribution in [1.29, 1.82) is 0 Å². The second kappa shape index (κ2) is 8.51. The number of amides is 1. The van der Waals surface area contributed by atoms with Crippen molar-refractivity contribution < 1.29 is 9.53 Å². The predicted molar refractivity (Wildman–Crippen MR) is 108 cm³/mol. The van der Waals surface area contributed by atoms with Crippen LogP contribution in [-0.4, -0.2) is 33.5 Å². The number of thioether (sulfide) groups is 1. The Morgan fingerprint density at radius 1 is 1.26 bits per heavy atom. The van der Waals surface area contributed by atoms with Crippen LogP contribution in [0.4, 0.5) is 11.4 Å². The molecule has 0 unspecified atom stereocenters. The zero-order chi connectivity index (χ0) is 19.4. The molecule has 0 radical (unpaired) electrons. The van der Waals surface area contributed by atoms with Crippen molar-refractivity contribution in [3.05, 3.63) is 52.8 Å². The van der Waals surface area contributed by atoms with Crippen molar-refractivity contribution in [2.24, 2.45) is 0 Å². The number of methoxy groups -OCH3 is 1. The van der Waals surface area contributed by atoms with Crippen LogP contribution in [-0.2, 0) is 4.79 Å². The first kappa shape index (κ1) is 19.3. The highest BCUT2D eigenvalue weighted by Crippen LogP contribution is 2.31. The van der Waals surface area contributed by atoms with Crippen molar-refractivity contribution in [3.63, 3.8) is 0 Å². The van der Waals surface area contributed by atoms with E-state index in [0.29, 0.717) is 10.8 Å². The zero-order valence-corrected chi connectivity index (χ0v) is 16.5. The summed E-state index contributed by atoms with van der Waals surface area (Å²) in [6.45, 7) is 0. The number of hydrogen-bond donors (Lipinski definition) is 2. The molecule has 0 aliphatic heterocycles. The maximum absolute atomic E-state index is 12.2. The minimum absolute atomic E-state index is 0.133. The van der Waals surface area contributed by atoms with Gasteiger partial charge < -0.3 is 15.8 Å². The highest BCUT2D eigenvalue weighted by atomic mass is 35.5. The number of benzene rings is 2. The lowest BCUT2D eigenvalue weighted by molar-refractivity contribution is -0.113. The van der Waals surface area contributed by atoms with Crippen LogP contribution in [0.25, 0.3) is 5.69 Å². The average molecular weight is 424 g/mol.